The van der Waals surface area contributed by atoms with E-state index in [1.54, 1.807) is 32.0 Å². The molecule has 12 heteroatoms. The van der Waals surface area contributed by atoms with Gasteiger partial charge in [-0.1, -0.05) is 13.8 Å². The van der Waals surface area contributed by atoms with E-state index in [-0.39, 0.29) is 23.7 Å². The van der Waals surface area contributed by atoms with Gasteiger partial charge in [-0.05, 0) is 12.1 Å². The highest BCUT2D eigenvalue weighted by Gasteiger charge is 2.26. The Morgan fingerprint density at radius 2 is 1.66 bits per heavy atom. The molecule has 11 nitrogen and oxygen atoms in total. The largest absolute Gasteiger partial charge is 0.497 e. The number of sulfonamides is 1. The lowest BCUT2D eigenvalue weighted by Crippen LogP contribution is -2.30. The van der Waals surface area contributed by atoms with Crippen LogP contribution >= 0.6 is 0 Å². The zero-order chi connectivity index (χ0) is 23.9. The normalized spacial score (nSPS) is 11.2. The Labute approximate surface area is 186 Å². The minimum atomic E-state index is -3.89. The lowest BCUT2D eigenvalue weighted by molar-refractivity contribution is -0.386. The first-order valence-corrected chi connectivity index (χ1v) is 11.0. The molecule has 2 rings (SSSR count). The number of ether oxygens (including phenoxy) is 3. The standard InChI is InChI=1S/C20H25N3O8S/c1-5-22(6-2)32(27,28)17-7-8-19(18(12-17)23(25)26)31-13-20(24)21-14-9-15(29-3)11-16(10-14)30-4/h7-12H,5-6,13H2,1-4H3,(H,21,24). The Hall–Kier alpha value is -3.38. The van der Waals surface area contributed by atoms with Gasteiger partial charge < -0.3 is 19.5 Å². The van der Waals surface area contributed by atoms with Crippen LogP contribution in [0.25, 0.3) is 0 Å². The number of nitro groups is 1. The third-order valence-electron chi connectivity index (χ3n) is 4.46. The summed E-state index contributed by atoms with van der Waals surface area (Å²) >= 11 is 0. The number of methoxy groups -OCH3 is 2. The summed E-state index contributed by atoms with van der Waals surface area (Å²) in [6.45, 7) is 3.25. The van der Waals surface area contributed by atoms with Gasteiger partial charge in [0.2, 0.25) is 10.0 Å². The Morgan fingerprint density at radius 3 is 2.16 bits per heavy atom. The number of anilines is 1. The maximum atomic E-state index is 12.6. The first-order valence-electron chi connectivity index (χ1n) is 9.60. The van der Waals surface area contributed by atoms with Crippen molar-refractivity contribution in [3.8, 4) is 17.2 Å². The summed E-state index contributed by atoms with van der Waals surface area (Å²) in [5.74, 6) is 0.101. The third kappa shape index (κ3) is 5.86. The van der Waals surface area contributed by atoms with E-state index in [2.05, 4.69) is 5.32 Å². The van der Waals surface area contributed by atoms with E-state index in [1.807, 2.05) is 0 Å². The number of nitrogens with zero attached hydrogens (tertiary/aromatic N) is 2. The number of nitrogens with one attached hydrogen (secondary N) is 1. The molecule has 0 atom stereocenters. The van der Waals surface area contributed by atoms with Gasteiger partial charge in [-0.2, -0.15) is 4.31 Å². The van der Waals surface area contributed by atoms with Crippen molar-refractivity contribution in [2.24, 2.45) is 0 Å². The monoisotopic (exact) mass is 467 g/mol. The smallest absolute Gasteiger partial charge is 0.312 e. The zero-order valence-electron chi connectivity index (χ0n) is 18.2. The van der Waals surface area contributed by atoms with Crippen molar-refractivity contribution in [1.29, 1.82) is 0 Å². The van der Waals surface area contributed by atoms with Crippen LogP contribution in [0.1, 0.15) is 13.8 Å². The quantitative estimate of drug-likeness (QED) is 0.393. The third-order valence-corrected chi connectivity index (χ3v) is 6.51. The molecule has 0 saturated heterocycles. The molecule has 0 heterocycles. The summed E-state index contributed by atoms with van der Waals surface area (Å²) in [5, 5.41) is 14.1. The van der Waals surface area contributed by atoms with E-state index in [0.29, 0.717) is 17.2 Å². The second kappa shape index (κ2) is 10.8. The molecule has 0 spiro atoms. The molecule has 0 unspecified atom stereocenters. The molecule has 0 saturated carbocycles. The number of hydrogen-bond acceptors (Lipinski definition) is 8. The molecule has 174 valence electrons. The first kappa shape index (κ1) is 24.9. The summed E-state index contributed by atoms with van der Waals surface area (Å²) in [6.07, 6.45) is 0. The number of nitro benzene ring substituents is 1. The van der Waals surface area contributed by atoms with E-state index >= 15 is 0 Å². The number of rotatable bonds is 11. The van der Waals surface area contributed by atoms with Gasteiger partial charge in [-0.3, -0.25) is 14.9 Å². The highest BCUT2D eigenvalue weighted by atomic mass is 32.2. The maximum absolute atomic E-state index is 12.6. The highest BCUT2D eigenvalue weighted by Crippen LogP contribution is 2.31. The zero-order valence-corrected chi connectivity index (χ0v) is 19.0. The highest BCUT2D eigenvalue weighted by molar-refractivity contribution is 7.89. The van der Waals surface area contributed by atoms with Crippen LogP contribution in [0.5, 0.6) is 17.2 Å². The van der Waals surface area contributed by atoms with Crippen molar-refractivity contribution >= 4 is 27.3 Å². The van der Waals surface area contributed by atoms with Crippen molar-refractivity contribution in [3.63, 3.8) is 0 Å². The van der Waals surface area contributed by atoms with Crippen LogP contribution in [-0.2, 0) is 14.8 Å². The topological polar surface area (TPSA) is 137 Å². The molecule has 1 amide bonds. The minimum Gasteiger partial charge on any atom is -0.497 e. The number of carbonyl (C=O) groups excluding carboxylic acids is 1. The average Bonchev–Trinajstić information content (AvgIpc) is 2.77. The van der Waals surface area contributed by atoms with Crippen molar-refractivity contribution in [2.75, 3.05) is 39.2 Å². The molecule has 0 aliphatic rings. The molecule has 0 radical (unpaired) electrons. The summed E-state index contributed by atoms with van der Waals surface area (Å²) in [6, 6.07) is 8.06. The van der Waals surface area contributed by atoms with Gasteiger partial charge in [-0.15, -0.1) is 0 Å². The molecule has 0 aliphatic carbocycles. The Bertz CT molecular complexity index is 1060. The van der Waals surface area contributed by atoms with Crippen LogP contribution in [0, 0.1) is 10.1 Å². The van der Waals surface area contributed by atoms with Crippen molar-refractivity contribution in [2.45, 2.75) is 18.7 Å². The Balaban J connectivity index is 2.19. The van der Waals surface area contributed by atoms with Crippen LogP contribution in [-0.4, -0.2) is 57.5 Å². The number of benzene rings is 2. The predicted molar refractivity (Wildman–Crippen MR) is 117 cm³/mol. The first-order chi connectivity index (χ1) is 15.2. The summed E-state index contributed by atoms with van der Waals surface area (Å²) in [4.78, 5) is 22.8. The number of amides is 1. The van der Waals surface area contributed by atoms with Crippen molar-refractivity contribution < 1.29 is 32.3 Å². The van der Waals surface area contributed by atoms with Gasteiger partial charge in [0.1, 0.15) is 11.5 Å². The lowest BCUT2D eigenvalue weighted by Gasteiger charge is -2.18. The molecule has 0 aliphatic heterocycles. The van der Waals surface area contributed by atoms with Gasteiger partial charge in [0, 0.05) is 43.0 Å². The second-order valence-electron chi connectivity index (χ2n) is 6.41. The van der Waals surface area contributed by atoms with Gasteiger partial charge in [0.05, 0.1) is 24.0 Å². The van der Waals surface area contributed by atoms with Crippen LogP contribution in [0.2, 0.25) is 0 Å². The van der Waals surface area contributed by atoms with E-state index in [9.17, 15) is 23.3 Å². The molecule has 0 bridgehead atoms. The summed E-state index contributed by atoms with van der Waals surface area (Å²) < 4.78 is 42.0. The fourth-order valence-corrected chi connectivity index (χ4v) is 4.33. The number of carbonyl (C=O) groups is 1. The van der Waals surface area contributed by atoms with E-state index in [1.165, 1.54) is 24.6 Å². The van der Waals surface area contributed by atoms with Gasteiger partial charge in [0.25, 0.3) is 5.91 Å². The van der Waals surface area contributed by atoms with Crippen LogP contribution in [0.15, 0.2) is 41.3 Å². The van der Waals surface area contributed by atoms with E-state index in [4.69, 9.17) is 14.2 Å². The fraction of sp³-hybridized carbons (Fsp3) is 0.350. The van der Waals surface area contributed by atoms with Crippen LogP contribution < -0.4 is 19.5 Å². The van der Waals surface area contributed by atoms with Crippen molar-refractivity contribution in [3.05, 3.63) is 46.5 Å². The average molecular weight is 468 g/mol. The van der Waals surface area contributed by atoms with Crippen molar-refractivity contribution in [1.82, 2.24) is 4.31 Å². The maximum Gasteiger partial charge on any atom is 0.312 e. The summed E-state index contributed by atoms with van der Waals surface area (Å²) in [5.41, 5.74) is -0.181. The number of hydrogen-bond donors (Lipinski definition) is 1. The summed E-state index contributed by atoms with van der Waals surface area (Å²) in [7, 11) is -0.959. The second-order valence-corrected chi connectivity index (χ2v) is 8.35. The van der Waals surface area contributed by atoms with Gasteiger partial charge >= 0.3 is 5.69 Å². The van der Waals surface area contributed by atoms with Crippen LogP contribution in [0.4, 0.5) is 11.4 Å². The molecule has 0 fully saturated rings. The molecule has 32 heavy (non-hydrogen) atoms. The molecular weight excluding hydrogens is 442 g/mol. The predicted octanol–water partition coefficient (Wildman–Crippen LogP) is 2.66. The molecule has 2 aromatic rings. The lowest BCUT2D eigenvalue weighted by atomic mass is 10.2. The van der Waals surface area contributed by atoms with Crippen LogP contribution in [0.3, 0.4) is 0 Å². The Morgan fingerprint density at radius 1 is 1.06 bits per heavy atom. The molecular formula is C20H25N3O8S. The van der Waals surface area contributed by atoms with Gasteiger partial charge in [-0.25, -0.2) is 8.42 Å². The molecule has 2 aromatic carbocycles. The van der Waals surface area contributed by atoms with E-state index < -0.39 is 33.1 Å². The van der Waals surface area contributed by atoms with E-state index in [0.717, 1.165) is 12.1 Å². The molecule has 0 aromatic heterocycles. The fourth-order valence-electron chi connectivity index (χ4n) is 2.85. The van der Waals surface area contributed by atoms with Gasteiger partial charge in [0.15, 0.2) is 12.4 Å². The molecule has 1 N–H and O–H groups in total. The minimum absolute atomic E-state index is 0.222. The Kier molecular flexibility index (Phi) is 8.38. The SMILES string of the molecule is CCN(CC)S(=O)(=O)c1ccc(OCC(=O)Nc2cc(OC)cc(OC)c2)c([N+](=O)[O-])c1.